The van der Waals surface area contributed by atoms with E-state index in [1.54, 1.807) is 0 Å². The molecule has 3 N–H and O–H groups in total. The van der Waals surface area contributed by atoms with Crippen molar-refractivity contribution in [2.24, 2.45) is 11.7 Å². The normalized spacial score (nSPS) is 20.4. The number of primary amides is 1. The van der Waals surface area contributed by atoms with Gasteiger partial charge in [-0.1, -0.05) is 19.8 Å². The van der Waals surface area contributed by atoms with E-state index in [0.29, 0.717) is 5.92 Å². The van der Waals surface area contributed by atoms with Crippen molar-refractivity contribution in [2.45, 2.75) is 45.2 Å². The van der Waals surface area contributed by atoms with E-state index < -0.39 is 40.1 Å². The molecule has 1 aromatic heterocycles. The summed E-state index contributed by atoms with van der Waals surface area (Å²) in [6.07, 6.45) is 4.98. The number of hydrogen-bond donors (Lipinski definition) is 2. The fourth-order valence-corrected chi connectivity index (χ4v) is 2.95. The Labute approximate surface area is 138 Å². The van der Waals surface area contributed by atoms with Gasteiger partial charge in [0.05, 0.1) is 11.1 Å². The number of nitro groups is 1. The van der Waals surface area contributed by atoms with Crippen LogP contribution in [0.15, 0.2) is 17.1 Å². The second kappa shape index (κ2) is 7.24. The van der Waals surface area contributed by atoms with Gasteiger partial charge in [-0.05, 0) is 18.8 Å². The number of amides is 2. The molecule has 1 heterocycles. The zero-order valence-corrected chi connectivity index (χ0v) is 13.4. The van der Waals surface area contributed by atoms with Crippen molar-refractivity contribution < 1.29 is 14.5 Å². The average Bonchev–Trinajstić information content (AvgIpc) is 2.51. The number of pyridine rings is 1. The highest BCUT2D eigenvalue weighted by atomic mass is 16.6. The Morgan fingerprint density at radius 3 is 2.67 bits per heavy atom. The van der Waals surface area contributed by atoms with Crippen molar-refractivity contribution in [3.8, 4) is 0 Å². The van der Waals surface area contributed by atoms with Gasteiger partial charge in [-0.2, -0.15) is 0 Å². The molecule has 2 unspecified atom stereocenters. The van der Waals surface area contributed by atoms with Crippen LogP contribution in [0.3, 0.4) is 0 Å². The Morgan fingerprint density at radius 2 is 2.08 bits per heavy atom. The van der Waals surface area contributed by atoms with Gasteiger partial charge in [-0.25, -0.2) is 0 Å². The predicted molar refractivity (Wildman–Crippen MR) is 85.4 cm³/mol. The molecule has 1 fully saturated rings. The van der Waals surface area contributed by atoms with Gasteiger partial charge in [0.25, 0.3) is 17.2 Å². The average molecular weight is 336 g/mol. The number of carbonyl (C=O) groups excluding carboxylic acids is 2. The van der Waals surface area contributed by atoms with Crippen LogP contribution in [0.25, 0.3) is 0 Å². The third-order valence-electron chi connectivity index (χ3n) is 4.32. The number of rotatable bonds is 5. The molecule has 24 heavy (non-hydrogen) atoms. The molecule has 2 rings (SSSR count). The monoisotopic (exact) mass is 336 g/mol. The van der Waals surface area contributed by atoms with Crippen LogP contribution in [0, 0.1) is 16.0 Å². The Kier molecular flexibility index (Phi) is 5.32. The zero-order chi connectivity index (χ0) is 17.9. The lowest BCUT2D eigenvalue weighted by Crippen LogP contribution is -2.44. The van der Waals surface area contributed by atoms with Gasteiger partial charge >= 0.3 is 0 Å². The minimum Gasteiger partial charge on any atom is -0.365 e. The zero-order valence-electron chi connectivity index (χ0n) is 13.4. The number of carbonyl (C=O) groups is 2. The molecule has 1 saturated carbocycles. The molecule has 2 atom stereocenters. The van der Waals surface area contributed by atoms with Crippen LogP contribution in [0.1, 0.15) is 43.0 Å². The molecule has 1 aliphatic carbocycles. The number of nitrogens with two attached hydrogens (primary N) is 1. The van der Waals surface area contributed by atoms with Gasteiger partial charge in [0.1, 0.15) is 12.1 Å². The molecule has 1 aromatic rings. The first-order chi connectivity index (χ1) is 11.3. The van der Waals surface area contributed by atoms with Crippen LogP contribution in [-0.2, 0) is 11.3 Å². The lowest BCUT2D eigenvalue weighted by molar-refractivity contribution is -0.385. The second-order valence-electron chi connectivity index (χ2n) is 6.10. The van der Waals surface area contributed by atoms with E-state index in [4.69, 9.17) is 5.73 Å². The van der Waals surface area contributed by atoms with Crippen LogP contribution in [0.4, 0.5) is 5.69 Å². The highest BCUT2D eigenvalue weighted by molar-refractivity contribution is 5.93. The molecule has 0 radical (unpaired) electrons. The Morgan fingerprint density at radius 1 is 1.42 bits per heavy atom. The number of hydrogen-bond acceptors (Lipinski definition) is 5. The number of nitrogens with one attached hydrogen (secondary N) is 1. The standard InChI is InChI=1S/C15H20N4O5/c1-9-4-2-3-5-12(9)17-13(20)8-18-7-10(19(23)24)6-11(14(16)21)15(18)22/h6-7,9,12H,2-5,8H2,1H3,(H2,16,21)(H,17,20). The van der Waals surface area contributed by atoms with Gasteiger partial charge in [0.15, 0.2) is 0 Å². The summed E-state index contributed by atoms with van der Waals surface area (Å²) in [6.45, 7) is 1.65. The van der Waals surface area contributed by atoms with E-state index in [1.807, 2.05) is 0 Å². The SMILES string of the molecule is CC1CCCCC1NC(=O)Cn1cc([N+](=O)[O-])cc(C(N)=O)c1=O. The Balaban J connectivity index is 2.21. The quantitative estimate of drug-likeness (QED) is 0.597. The van der Waals surface area contributed by atoms with Crippen molar-refractivity contribution in [1.29, 1.82) is 0 Å². The third-order valence-corrected chi connectivity index (χ3v) is 4.32. The van der Waals surface area contributed by atoms with Gasteiger partial charge in [-0.15, -0.1) is 0 Å². The van der Waals surface area contributed by atoms with Crippen LogP contribution >= 0.6 is 0 Å². The molecule has 0 aromatic carbocycles. The first-order valence-electron chi connectivity index (χ1n) is 7.77. The number of nitrogens with zero attached hydrogens (tertiary/aromatic N) is 2. The second-order valence-corrected chi connectivity index (χ2v) is 6.10. The van der Waals surface area contributed by atoms with Crippen molar-refractivity contribution in [2.75, 3.05) is 0 Å². The highest BCUT2D eigenvalue weighted by Gasteiger charge is 2.24. The molecule has 9 nitrogen and oxygen atoms in total. The van der Waals surface area contributed by atoms with Crippen molar-refractivity contribution in [1.82, 2.24) is 9.88 Å². The summed E-state index contributed by atoms with van der Waals surface area (Å²) in [5, 5.41) is 13.8. The molecule has 0 bridgehead atoms. The van der Waals surface area contributed by atoms with E-state index in [0.717, 1.165) is 42.5 Å². The van der Waals surface area contributed by atoms with Crippen LogP contribution in [0.2, 0.25) is 0 Å². The molecule has 0 saturated heterocycles. The van der Waals surface area contributed by atoms with Gasteiger partial charge in [0, 0.05) is 12.1 Å². The van der Waals surface area contributed by atoms with Gasteiger partial charge in [0.2, 0.25) is 5.91 Å². The summed E-state index contributed by atoms with van der Waals surface area (Å²) in [7, 11) is 0. The summed E-state index contributed by atoms with van der Waals surface area (Å²) in [6, 6.07) is 0.846. The smallest absolute Gasteiger partial charge is 0.286 e. The Bertz CT molecular complexity index is 727. The maximum atomic E-state index is 12.2. The maximum Gasteiger partial charge on any atom is 0.286 e. The molecule has 2 amide bonds. The minimum absolute atomic E-state index is 0.0243. The van der Waals surface area contributed by atoms with Gasteiger partial charge in [-0.3, -0.25) is 29.1 Å². The molecular weight excluding hydrogens is 316 g/mol. The molecule has 130 valence electrons. The summed E-state index contributed by atoms with van der Waals surface area (Å²) in [4.78, 5) is 45.8. The van der Waals surface area contributed by atoms with E-state index >= 15 is 0 Å². The largest absolute Gasteiger partial charge is 0.365 e. The first-order valence-corrected chi connectivity index (χ1v) is 7.77. The molecule has 0 spiro atoms. The van der Waals surface area contributed by atoms with Crippen molar-refractivity contribution in [3.05, 3.63) is 38.3 Å². The van der Waals surface area contributed by atoms with Gasteiger partial charge < -0.3 is 11.1 Å². The van der Waals surface area contributed by atoms with E-state index in [1.165, 1.54) is 0 Å². The summed E-state index contributed by atoms with van der Waals surface area (Å²) < 4.78 is 0.848. The molecule has 9 heteroatoms. The number of aromatic nitrogens is 1. The topological polar surface area (TPSA) is 137 Å². The van der Waals surface area contributed by atoms with Crippen LogP contribution in [0.5, 0.6) is 0 Å². The summed E-state index contributed by atoms with van der Waals surface area (Å²) in [5.41, 5.74) is 3.27. The molecular formula is C15H20N4O5. The predicted octanol–water partition coefficient (Wildman–Crippen LogP) is 0.550. The third kappa shape index (κ3) is 3.98. The highest BCUT2D eigenvalue weighted by Crippen LogP contribution is 2.23. The first kappa shape index (κ1) is 17.6. The van der Waals surface area contributed by atoms with Crippen molar-refractivity contribution in [3.63, 3.8) is 0 Å². The molecule has 1 aliphatic rings. The lowest BCUT2D eigenvalue weighted by atomic mass is 9.86. The van der Waals surface area contributed by atoms with E-state index in [-0.39, 0.29) is 6.04 Å². The van der Waals surface area contributed by atoms with Crippen LogP contribution < -0.4 is 16.6 Å². The van der Waals surface area contributed by atoms with Crippen LogP contribution in [-0.4, -0.2) is 27.3 Å². The van der Waals surface area contributed by atoms with E-state index in [9.17, 15) is 24.5 Å². The molecule has 0 aliphatic heterocycles. The summed E-state index contributed by atoms with van der Waals surface area (Å²) >= 11 is 0. The lowest BCUT2D eigenvalue weighted by Gasteiger charge is -2.29. The maximum absolute atomic E-state index is 12.2. The fourth-order valence-electron chi connectivity index (χ4n) is 2.95. The minimum atomic E-state index is -1.07. The Hall–Kier alpha value is -2.71. The van der Waals surface area contributed by atoms with E-state index in [2.05, 4.69) is 12.2 Å². The fraction of sp³-hybridized carbons (Fsp3) is 0.533. The van der Waals surface area contributed by atoms with Crippen molar-refractivity contribution >= 4 is 17.5 Å². The summed E-state index contributed by atoms with van der Waals surface area (Å²) in [5.74, 6) is -1.16.